The highest BCUT2D eigenvalue weighted by Gasteiger charge is 2.15. The lowest BCUT2D eigenvalue weighted by atomic mass is 9.86. The molecule has 25 heavy (non-hydrogen) atoms. The summed E-state index contributed by atoms with van der Waals surface area (Å²) in [5, 5.41) is 3.71. The normalized spacial score (nSPS) is 12.0. The van der Waals surface area contributed by atoms with Gasteiger partial charge in [-0.1, -0.05) is 80.9 Å². The zero-order valence-corrected chi connectivity index (χ0v) is 15.3. The molecule has 4 aromatic rings. The minimum Gasteiger partial charge on any atom is -0.247 e. The number of pyridine rings is 1. The second-order valence-corrected chi connectivity index (χ2v) is 7.85. The molecule has 4 rings (SSSR count). The fraction of sp³-hybridized carbons (Fsp3) is 0.208. The van der Waals surface area contributed by atoms with Crippen molar-refractivity contribution in [2.45, 2.75) is 33.1 Å². The highest BCUT2D eigenvalue weighted by Crippen LogP contribution is 2.33. The Morgan fingerprint density at radius 1 is 0.720 bits per heavy atom. The van der Waals surface area contributed by atoms with Crippen molar-refractivity contribution in [2.75, 3.05) is 0 Å². The number of benzene rings is 3. The van der Waals surface area contributed by atoms with Crippen molar-refractivity contribution >= 4 is 21.7 Å². The molecular weight excluding hydrogens is 302 g/mol. The third-order valence-electron chi connectivity index (χ3n) is 4.88. The summed E-state index contributed by atoms with van der Waals surface area (Å²) in [6.07, 6.45) is 0. The zero-order chi connectivity index (χ0) is 17.6. The van der Waals surface area contributed by atoms with E-state index in [9.17, 15) is 0 Å². The van der Waals surface area contributed by atoms with Crippen LogP contribution in [0.5, 0.6) is 0 Å². The van der Waals surface area contributed by atoms with Gasteiger partial charge in [0.2, 0.25) is 0 Å². The van der Waals surface area contributed by atoms with Crippen LogP contribution in [0.3, 0.4) is 0 Å². The van der Waals surface area contributed by atoms with E-state index in [-0.39, 0.29) is 5.41 Å². The van der Waals surface area contributed by atoms with E-state index in [2.05, 4.69) is 94.4 Å². The molecule has 0 fully saturated rings. The van der Waals surface area contributed by atoms with Gasteiger partial charge in [-0.15, -0.1) is 0 Å². The van der Waals surface area contributed by atoms with E-state index in [0.717, 1.165) is 11.2 Å². The van der Waals surface area contributed by atoms with E-state index < -0.39 is 0 Å². The maximum atomic E-state index is 5.01. The minimum atomic E-state index is 0.162. The van der Waals surface area contributed by atoms with Crippen LogP contribution in [-0.4, -0.2) is 4.98 Å². The van der Waals surface area contributed by atoms with E-state index >= 15 is 0 Å². The summed E-state index contributed by atoms with van der Waals surface area (Å²) in [5.74, 6) is 0. The summed E-state index contributed by atoms with van der Waals surface area (Å²) in [4.78, 5) is 5.01. The molecule has 0 amide bonds. The summed E-state index contributed by atoms with van der Waals surface area (Å²) in [5.41, 5.74) is 6.06. The fourth-order valence-corrected chi connectivity index (χ4v) is 3.42. The van der Waals surface area contributed by atoms with Crippen LogP contribution in [0.2, 0.25) is 0 Å². The number of fused-ring (bicyclic) bond motifs is 3. The quantitative estimate of drug-likeness (QED) is 0.356. The third-order valence-corrected chi connectivity index (χ3v) is 4.88. The number of aryl methyl sites for hydroxylation is 1. The van der Waals surface area contributed by atoms with Crippen molar-refractivity contribution in [3.8, 4) is 11.3 Å². The van der Waals surface area contributed by atoms with E-state index in [4.69, 9.17) is 4.98 Å². The molecule has 0 radical (unpaired) electrons. The lowest BCUT2D eigenvalue weighted by Gasteiger charge is -2.19. The standard InChI is InChI=1S/C24H23N/c1-16-9-14-22-21(15-16)19-7-5-6-8-20(19)23(25-22)17-10-12-18(13-11-17)24(2,3)4/h5-15H,1-4H3. The van der Waals surface area contributed by atoms with Crippen LogP contribution in [0.4, 0.5) is 0 Å². The van der Waals surface area contributed by atoms with E-state index in [0.29, 0.717) is 0 Å². The molecule has 1 nitrogen and oxygen atoms in total. The van der Waals surface area contributed by atoms with Gasteiger partial charge in [0.15, 0.2) is 0 Å². The summed E-state index contributed by atoms with van der Waals surface area (Å²) >= 11 is 0. The molecule has 0 N–H and O–H groups in total. The fourth-order valence-electron chi connectivity index (χ4n) is 3.42. The Balaban J connectivity index is 1.99. The first-order chi connectivity index (χ1) is 11.9. The van der Waals surface area contributed by atoms with Gasteiger partial charge in [-0.2, -0.15) is 0 Å². The molecule has 0 saturated heterocycles. The van der Waals surface area contributed by atoms with Crippen molar-refractivity contribution in [3.63, 3.8) is 0 Å². The first-order valence-electron chi connectivity index (χ1n) is 8.83. The predicted octanol–water partition coefficient (Wildman–Crippen LogP) is 6.66. The molecule has 1 aromatic heterocycles. The lowest BCUT2D eigenvalue weighted by Crippen LogP contribution is -2.10. The van der Waals surface area contributed by atoms with Crippen LogP contribution in [0.15, 0.2) is 66.7 Å². The summed E-state index contributed by atoms with van der Waals surface area (Å²) in [6.45, 7) is 8.86. The van der Waals surface area contributed by atoms with Gasteiger partial charge in [0.05, 0.1) is 11.2 Å². The number of aromatic nitrogens is 1. The maximum Gasteiger partial charge on any atom is 0.0788 e. The van der Waals surface area contributed by atoms with E-state index in [1.165, 1.54) is 32.8 Å². The van der Waals surface area contributed by atoms with Gasteiger partial charge in [-0.05, 0) is 35.4 Å². The highest BCUT2D eigenvalue weighted by molar-refractivity contribution is 6.10. The molecule has 124 valence electrons. The summed E-state index contributed by atoms with van der Waals surface area (Å²) in [7, 11) is 0. The van der Waals surface area contributed by atoms with Gasteiger partial charge in [0.1, 0.15) is 0 Å². The molecular formula is C24H23N. The van der Waals surface area contributed by atoms with Crippen molar-refractivity contribution in [1.82, 2.24) is 4.98 Å². The Labute approximate surface area is 149 Å². The molecule has 0 atom stereocenters. The van der Waals surface area contributed by atoms with Gasteiger partial charge in [0.25, 0.3) is 0 Å². The van der Waals surface area contributed by atoms with Crippen molar-refractivity contribution < 1.29 is 0 Å². The van der Waals surface area contributed by atoms with Crippen LogP contribution in [-0.2, 0) is 5.41 Å². The van der Waals surface area contributed by atoms with Crippen LogP contribution >= 0.6 is 0 Å². The molecule has 1 heterocycles. The molecule has 3 aromatic carbocycles. The Bertz CT molecular complexity index is 1070. The smallest absolute Gasteiger partial charge is 0.0788 e. The first kappa shape index (κ1) is 15.8. The predicted molar refractivity (Wildman–Crippen MR) is 108 cm³/mol. The molecule has 0 aliphatic rings. The largest absolute Gasteiger partial charge is 0.247 e. The molecule has 0 saturated carbocycles. The lowest BCUT2D eigenvalue weighted by molar-refractivity contribution is 0.590. The maximum absolute atomic E-state index is 5.01. The van der Waals surface area contributed by atoms with Gasteiger partial charge < -0.3 is 0 Å². The van der Waals surface area contributed by atoms with Crippen molar-refractivity contribution in [3.05, 3.63) is 77.9 Å². The monoisotopic (exact) mass is 325 g/mol. The number of nitrogens with zero attached hydrogens (tertiary/aromatic N) is 1. The van der Waals surface area contributed by atoms with Crippen LogP contribution in [0.1, 0.15) is 31.9 Å². The second kappa shape index (κ2) is 5.70. The van der Waals surface area contributed by atoms with Crippen molar-refractivity contribution in [2.24, 2.45) is 0 Å². The molecule has 0 aliphatic heterocycles. The Morgan fingerprint density at radius 2 is 1.40 bits per heavy atom. The first-order valence-corrected chi connectivity index (χ1v) is 8.83. The highest BCUT2D eigenvalue weighted by atomic mass is 14.7. The molecule has 0 bridgehead atoms. The zero-order valence-electron chi connectivity index (χ0n) is 15.3. The van der Waals surface area contributed by atoms with Gasteiger partial charge >= 0.3 is 0 Å². The van der Waals surface area contributed by atoms with Gasteiger partial charge in [-0.3, -0.25) is 0 Å². The Morgan fingerprint density at radius 3 is 2.08 bits per heavy atom. The number of hydrogen-bond acceptors (Lipinski definition) is 1. The average molecular weight is 325 g/mol. The molecule has 0 spiro atoms. The summed E-state index contributed by atoms with van der Waals surface area (Å²) in [6, 6.07) is 23.9. The number of rotatable bonds is 1. The van der Waals surface area contributed by atoms with E-state index in [1.807, 2.05) is 0 Å². The average Bonchev–Trinajstić information content (AvgIpc) is 2.60. The Hall–Kier alpha value is -2.67. The van der Waals surface area contributed by atoms with Crippen LogP contribution in [0, 0.1) is 6.92 Å². The van der Waals surface area contributed by atoms with Gasteiger partial charge in [-0.25, -0.2) is 4.98 Å². The van der Waals surface area contributed by atoms with E-state index in [1.54, 1.807) is 0 Å². The van der Waals surface area contributed by atoms with Gasteiger partial charge in [0, 0.05) is 16.3 Å². The van der Waals surface area contributed by atoms with Crippen LogP contribution in [0.25, 0.3) is 32.9 Å². The molecule has 0 aliphatic carbocycles. The Kier molecular flexibility index (Phi) is 3.61. The van der Waals surface area contributed by atoms with Crippen molar-refractivity contribution in [1.29, 1.82) is 0 Å². The topological polar surface area (TPSA) is 12.9 Å². The van der Waals surface area contributed by atoms with Crippen LogP contribution < -0.4 is 0 Å². The minimum absolute atomic E-state index is 0.162. The molecule has 1 heteroatoms. The SMILES string of the molecule is Cc1ccc2nc(-c3ccc(C(C)(C)C)cc3)c3ccccc3c2c1. The molecule has 0 unspecified atom stereocenters. The second-order valence-electron chi connectivity index (χ2n) is 7.85. The third kappa shape index (κ3) is 2.80. The summed E-state index contributed by atoms with van der Waals surface area (Å²) < 4.78 is 0. The number of hydrogen-bond donors (Lipinski definition) is 0.